The highest BCUT2D eigenvalue weighted by atomic mass is 16.5. The number of aliphatic hydroxyl groups is 1. The number of aliphatic hydroxyl groups excluding tert-OH is 1. The summed E-state index contributed by atoms with van der Waals surface area (Å²) in [7, 11) is 0. The quantitative estimate of drug-likeness (QED) is 0.840. The van der Waals surface area contributed by atoms with E-state index in [4.69, 9.17) is 4.74 Å². The van der Waals surface area contributed by atoms with Gasteiger partial charge in [-0.3, -0.25) is 0 Å². The molecule has 108 valence electrons. The monoisotopic (exact) mass is 280 g/mol. The first-order valence-electron chi connectivity index (χ1n) is 7.24. The second-order valence-corrected chi connectivity index (χ2v) is 4.83. The number of ether oxygens (including phenoxy) is 1. The summed E-state index contributed by atoms with van der Waals surface area (Å²) in [5.74, 6) is 6.88. The number of para-hydroxylation sites is 1. The molecule has 1 N–H and O–H groups in total. The lowest BCUT2D eigenvalue weighted by Gasteiger charge is -2.09. The van der Waals surface area contributed by atoms with Gasteiger partial charge < -0.3 is 9.84 Å². The normalized spacial score (nSPS) is 11.3. The van der Waals surface area contributed by atoms with E-state index in [1.54, 1.807) is 0 Å². The van der Waals surface area contributed by atoms with E-state index >= 15 is 0 Å². The molecule has 0 heterocycles. The molecule has 0 aliphatic heterocycles. The van der Waals surface area contributed by atoms with Crippen LogP contribution in [0.1, 0.15) is 37.0 Å². The van der Waals surface area contributed by atoms with Gasteiger partial charge in [0.2, 0.25) is 0 Å². The van der Waals surface area contributed by atoms with Crippen molar-refractivity contribution in [3.63, 3.8) is 0 Å². The summed E-state index contributed by atoms with van der Waals surface area (Å²) in [5.41, 5.74) is 1.83. The summed E-state index contributed by atoms with van der Waals surface area (Å²) in [5, 5.41) is 9.99. The Morgan fingerprint density at radius 3 is 2.67 bits per heavy atom. The van der Waals surface area contributed by atoms with Crippen LogP contribution in [0.5, 0.6) is 5.75 Å². The third kappa shape index (κ3) is 4.98. The molecule has 2 aromatic carbocycles. The first-order chi connectivity index (χ1) is 10.3. The summed E-state index contributed by atoms with van der Waals surface area (Å²) in [6.45, 7) is 2.42. The maximum atomic E-state index is 9.99. The Bertz CT molecular complexity index is 608. The van der Waals surface area contributed by atoms with Gasteiger partial charge in [-0.05, 0) is 36.2 Å². The molecule has 0 aliphatic carbocycles. The van der Waals surface area contributed by atoms with Gasteiger partial charge in [-0.1, -0.05) is 55.5 Å². The molecule has 0 amide bonds. The van der Waals surface area contributed by atoms with Crippen molar-refractivity contribution < 1.29 is 9.84 Å². The van der Waals surface area contributed by atoms with Crippen molar-refractivity contribution in [2.24, 2.45) is 0 Å². The smallest absolute Gasteiger partial charge is 0.149 e. The minimum absolute atomic E-state index is 0.353. The molecule has 0 radical (unpaired) electrons. The SMILES string of the molecule is CCC[C@@H](O)c1cccc(C#CCOc2ccccc2)c1. The third-order valence-electron chi connectivity index (χ3n) is 3.12. The van der Waals surface area contributed by atoms with Crippen molar-refractivity contribution in [2.45, 2.75) is 25.9 Å². The van der Waals surface area contributed by atoms with Crippen LogP contribution in [0.4, 0.5) is 0 Å². The molecule has 0 saturated carbocycles. The van der Waals surface area contributed by atoms with Crippen molar-refractivity contribution in [3.8, 4) is 17.6 Å². The molecule has 2 nitrogen and oxygen atoms in total. The van der Waals surface area contributed by atoms with Gasteiger partial charge in [0.05, 0.1) is 6.10 Å². The summed E-state index contributed by atoms with van der Waals surface area (Å²) >= 11 is 0. The Morgan fingerprint density at radius 2 is 1.90 bits per heavy atom. The van der Waals surface area contributed by atoms with Crippen LogP contribution in [-0.2, 0) is 0 Å². The Labute approximate surface area is 126 Å². The molecule has 2 heteroatoms. The van der Waals surface area contributed by atoms with Crippen LogP contribution in [0.2, 0.25) is 0 Å². The highest BCUT2D eigenvalue weighted by Gasteiger charge is 2.05. The lowest BCUT2D eigenvalue weighted by atomic mass is 10.0. The van der Waals surface area contributed by atoms with E-state index in [1.165, 1.54) is 0 Å². The van der Waals surface area contributed by atoms with Gasteiger partial charge in [0, 0.05) is 5.56 Å². The van der Waals surface area contributed by atoms with Crippen molar-refractivity contribution in [1.82, 2.24) is 0 Å². The van der Waals surface area contributed by atoms with Crippen LogP contribution in [0, 0.1) is 11.8 Å². The summed E-state index contributed by atoms with van der Waals surface area (Å²) in [6, 6.07) is 17.4. The fourth-order valence-corrected chi connectivity index (χ4v) is 2.04. The topological polar surface area (TPSA) is 29.5 Å². The molecule has 0 bridgehead atoms. The van der Waals surface area contributed by atoms with Crippen LogP contribution in [-0.4, -0.2) is 11.7 Å². The lowest BCUT2D eigenvalue weighted by Crippen LogP contribution is -1.97. The minimum Gasteiger partial charge on any atom is -0.481 e. The van der Waals surface area contributed by atoms with E-state index in [0.717, 1.165) is 29.7 Å². The van der Waals surface area contributed by atoms with Crippen LogP contribution in [0.25, 0.3) is 0 Å². The zero-order valence-electron chi connectivity index (χ0n) is 12.3. The Hall–Kier alpha value is -2.24. The first kappa shape index (κ1) is 15.2. The Morgan fingerprint density at radius 1 is 1.10 bits per heavy atom. The molecule has 0 fully saturated rings. The van der Waals surface area contributed by atoms with Crippen molar-refractivity contribution >= 4 is 0 Å². The second kappa shape index (κ2) is 8.14. The number of hydrogen-bond acceptors (Lipinski definition) is 2. The maximum absolute atomic E-state index is 9.99. The van der Waals surface area contributed by atoms with E-state index < -0.39 is 6.10 Å². The van der Waals surface area contributed by atoms with Gasteiger partial charge in [-0.2, -0.15) is 0 Å². The first-order valence-corrected chi connectivity index (χ1v) is 7.24. The minimum atomic E-state index is -0.405. The summed E-state index contributed by atoms with van der Waals surface area (Å²) < 4.78 is 5.52. The summed E-state index contributed by atoms with van der Waals surface area (Å²) in [4.78, 5) is 0. The molecular formula is C19H20O2. The largest absolute Gasteiger partial charge is 0.481 e. The van der Waals surface area contributed by atoms with Crippen LogP contribution >= 0.6 is 0 Å². The predicted molar refractivity (Wildman–Crippen MR) is 85.1 cm³/mol. The van der Waals surface area contributed by atoms with Crippen molar-refractivity contribution in [3.05, 3.63) is 65.7 Å². The van der Waals surface area contributed by atoms with Gasteiger partial charge >= 0.3 is 0 Å². The Balaban J connectivity index is 1.94. The average Bonchev–Trinajstić information content (AvgIpc) is 2.53. The van der Waals surface area contributed by atoms with Gasteiger partial charge in [-0.15, -0.1) is 0 Å². The fourth-order valence-electron chi connectivity index (χ4n) is 2.04. The van der Waals surface area contributed by atoms with Crippen molar-refractivity contribution in [1.29, 1.82) is 0 Å². The standard InChI is InChI=1S/C19H20O2/c1-2-8-19(20)17-11-6-9-16(15-17)10-7-14-21-18-12-4-3-5-13-18/h3-6,9,11-13,15,19-20H,2,8,14H2,1H3/t19-/m1/s1. The van der Waals surface area contributed by atoms with Gasteiger partial charge in [-0.25, -0.2) is 0 Å². The molecule has 2 rings (SSSR count). The molecule has 21 heavy (non-hydrogen) atoms. The number of benzene rings is 2. The van der Waals surface area contributed by atoms with E-state index in [9.17, 15) is 5.11 Å². The molecule has 0 saturated heterocycles. The highest BCUT2D eigenvalue weighted by Crippen LogP contribution is 2.18. The molecule has 2 aromatic rings. The third-order valence-corrected chi connectivity index (χ3v) is 3.12. The number of hydrogen-bond donors (Lipinski definition) is 1. The van der Waals surface area contributed by atoms with E-state index in [0.29, 0.717) is 6.61 Å². The van der Waals surface area contributed by atoms with Crippen LogP contribution < -0.4 is 4.74 Å². The molecular weight excluding hydrogens is 260 g/mol. The Kier molecular flexibility index (Phi) is 5.87. The van der Waals surface area contributed by atoms with E-state index in [1.807, 2.05) is 54.6 Å². The van der Waals surface area contributed by atoms with E-state index in [-0.39, 0.29) is 0 Å². The zero-order chi connectivity index (χ0) is 14.9. The molecule has 0 spiro atoms. The van der Waals surface area contributed by atoms with Gasteiger partial charge in [0.15, 0.2) is 0 Å². The molecule has 0 aliphatic rings. The maximum Gasteiger partial charge on any atom is 0.149 e. The van der Waals surface area contributed by atoms with Crippen LogP contribution in [0.3, 0.4) is 0 Å². The lowest BCUT2D eigenvalue weighted by molar-refractivity contribution is 0.166. The number of rotatable bonds is 5. The average molecular weight is 280 g/mol. The second-order valence-electron chi connectivity index (χ2n) is 4.83. The van der Waals surface area contributed by atoms with Crippen LogP contribution in [0.15, 0.2) is 54.6 Å². The fraction of sp³-hybridized carbons (Fsp3) is 0.263. The predicted octanol–water partition coefficient (Wildman–Crippen LogP) is 3.95. The molecule has 0 aromatic heterocycles. The zero-order valence-corrected chi connectivity index (χ0v) is 12.3. The van der Waals surface area contributed by atoms with Gasteiger partial charge in [0.25, 0.3) is 0 Å². The van der Waals surface area contributed by atoms with Crippen molar-refractivity contribution in [2.75, 3.05) is 6.61 Å². The van der Waals surface area contributed by atoms with E-state index in [2.05, 4.69) is 18.8 Å². The molecule has 1 atom stereocenters. The summed E-state index contributed by atoms with van der Waals surface area (Å²) in [6.07, 6.45) is 1.33. The highest BCUT2D eigenvalue weighted by molar-refractivity contribution is 5.38. The molecule has 0 unspecified atom stereocenters. The van der Waals surface area contributed by atoms with Gasteiger partial charge in [0.1, 0.15) is 12.4 Å².